The average Bonchev–Trinajstić information content (AvgIpc) is 2.94. The number of aryl methyl sites for hydroxylation is 1. The van der Waals surface area contributed by atoms with Gasteiger partial charge < -0.3 is 5.32 Å². The molecule has 0 saturated carbocycles. The topological polar surface area (TPSA) is 72.7 Å². The molecule has 2 aromatic rings. The molecule has 2 rings (SSSR count). The van der Waals surface area contributed by atoms with E-state index in [4.69, 9.17) is 0 Å². The predicted octanol–water partition coefficient (Wildman–Crippen LogP) is 2.55. The van der Waals surface area contributed by atoms with Crippen LogP contribution < -0.4 is 5.32 Å². The van der Waals surface area contributed by atoms with Gasteiger partial charge in [0.05, 0.1) is 11.8 Å². The minimum absolute atomic E-state index is 0.0563. The Morgan fingerprint density at radius 1 is 1.38 bits per heavy atom. The summed E-state index contributed by atoms with van der Waals surface area (Å²) in [4.78, 5) is 12.0. The summed E-state index contributed by atoms with van der Waals surface area (Å²) in [6.07, 6.45) is 0.884. The van der Waals surface area contributed by atoms with Gasteiger partial charge in [-0.25, -0.2) is 4.68 Å². The number of aromatic nitrogens is 4. The number of hydrogen-bond acceptors (Lipinski definition) is 5. The molecular weight excluding hydrogens is 286 g/mol. The van der Waals surface area contributed by atoms with Gasteiger partial charge in [-0.1, -0.05) is 36.9 Å². The van der Waals surface area contributed by atoms with Crippen LogP contribution in [0, 0.1) is 0 Å². The third kappa shape index (κ3) is 4.04. The van der Waals surface area contributed by atoms with Crippen LogP contribution in [0.15, 0.2) is 29.4 Å². The first-order chi connectivity index (χ1) is 10.1. The standard InChI is InChI=1S/C14H19N5OS/c1-4-11-7-5-6-8-12(11)15-13(20)9-21-14-16-17-18-19(14)10(2)3/h5-8,10H,4,9H2,1-3H3,(H,15,20). The van der Waals surface area contributed by atoms with Gasteiger partial charge in [-0.2, -0.15) is 0 Å². The highest BCUT2D eigenvalue weighted by Gasteiger charge is 2.12. The molecule has 0 atom stereocenters. The lowest BCUT2D eigenvalue weighted by Crippen LogP contribution is -2.16. The van der Waals surface area contributed by atoms with Crippen LogP contribution in [-0.4, -0.2) is 31.9 Å². The van der Waals surface area contributed by atoms with Crippen molar-refractivity contribution >= 4 is 23.4 Å². The maximum Gasteiger partial charge on any atom is 0.234 e. The van der Waals surface area contributed by atoms with Crippen LogP contribution in [0.1, 0.15) is 32.4 Å². The zero-order chi connectivity index (χ0) is 15.2. The summed E-state index contributed by atoms with van der Waals surface area (Å²) in [6, 6.07) is 7.99. The fourth-order valence-electron chi connectivity index (χ4n) is 1.87. The minimum atomic E-state index is -0.0563. The number of tetrazole rings is 1. The summed E-state index contributed by atoms with van der Waals surface area (Å²) in [6.45, 7) is 6.06. The summed E-state index contributed by atoms with van der Waals surface area (Å²) >= 11 is 1.34. The van der Waals surface area contributed by atoms with Crippen LogP contribution >= 0.6 is 11.8 Å². The summed E-state index contributed by atoms with van der Waals surface area (Å²) in [7, 11) is 0. The number of thioether (sulfide) groups is 1. The van der Waals surface area contributed by atoms with Crippen molar-refractivity contribution in [2.24, 2.45) is 0 Å². The van der Waals surface area contributed by atoms with Gasteiger partial charge in [0.1, 0.15) is 0 Å². The maximum absolute atomic E-state index is 12.0. The van der Waals surface area contributed by atoms with E-state index in [0.29, 0.717) is 5.16 Å². The number of benzene rings is 1. The van der Waals surface area contributed by atoms with Gasteiger partial charge in [0.25, 0.3) is 0 Å². The number of rotatable bonds is 6. The highest BCUT2D eigenvalue weighted by Crippen LogP contribution is 2.19. The molecule has 0 aliphatic carbocycles. The second-order valence-electron chi connectivity index (χ2n) is 4.85. The molecule has 0 fully saturated rings. The van der Waals surface area contributed by atoms with Gasteiger partial charge in [-0.05, 0) is 42.3 Å². The number of amides is 1. The SMILES string of the molecule is CCc1ccccc1NC(=O)CSc1nnnn1C(C)C. The first-order valence-corrected chi connectivity index (χ1v) is 7.88. The summed E-state index contributed by atoms with van der Waals surface area (Å²) in [5.74, 6) is 0.227. The Kier molecular flexibility index (Phi) is 5.32. The van der Waals surface area contributed by atoms with Gasteiger partial charge in [0.15, 0.2) is 0 Å². The smallest absolute Gasteiger partial charge is 0.234 e. The molecule has 0 radical (unpaired) electrons. The van der Waals surface area contributed by atoms with E-state index >= 15 is 0 Å². The zero-order valence-electron chi connectivity index (χ0n) is 12.4. The van der Waals surface area contributed by atoms with E-state index in [2.05, 4.69) is 27.8 Å². The summed E-state index contributed by atoms with van der Waals surface area (Å²) < 4.78 is 1.71. The van der Waals surface area contributed by atoms with Crippen LogP contribution in [0.3, 0.4) is 0 Å². The zero-order valence-corrected chi connectivity index (χ0v) is 13.2. The molecule has 0 bridgehead atoms. The van der Waals surface area contributed by atoms with E-state index in [9.17, 15) is 4.79 Å². The number of hydrogen-bond donors (Lipinski definition) is 1. The van der Waals surface area contributed by atoms with Crippen molar-refractivity contribution in [1.29, 1.82) is 0 Å². The third-order valence-electron chi connectivity index (χ3n) is 2.96. The molecule has 112 valence electrons. The highest BCUT2D eigenvalue weighted by atomic mass is 32.2. The number of carbonyl (C=O) groups excluding carboxylic acids is 1. The predicted molar refractivity (Wildman–Crippen MR) is 83.4 cm³/mol. The lowest BCUT2D eigenvalue weighted by atomic mass is 10.1. The van der Waals surface area contributed by atoms with Crippen molar-refractivity contribution < 1.29 is 4.79 Å². The molecule has 0 aliphatic heterocycles. The van der Waals surface area contributed by atoms with Crippen LogP contribution in [-0.2, 0) is 11.2 Å². The molecule has 6 nitrogen and oxygen atoms in total. The van der Waals surface area contributed by atoms with Crippen molar-refractivity contribution in [2.45, 2.75) is 38.4 Å². The highest BCUT2D eigenvalue weighted by molar-refractivity contribution is 7.99. The molecule has 0 spiro atoms. The molecule has 7 heteroatoms. The van der Waals surface area contributed by atoms with E-state index in [1.807, 2.05) is 38.1 Å². The molecule has 21 heavy (non-hydrogen) atoms. The van der Waals surface area contributed by atoms with Gasteiger partial charge >= 0.3 is 0 Å². The lowest BCUT2D eigenvalue weighted by molar-refractivity contribution is -0.113. The van der Waals surface area contributed by atoms with Crippen molar-refractivity contribution in [3.8, 4) is 0 Å². The Balaban J connectivity index is 1.95. The fraction of sp³-hybridized carbons (Fsp3) is 0.429. The molecule has 1 aromatic heterocycles. The molecule has 1 heterocycles. The molecular formula is C14H19N5OS. The largest absolute Gasteiger partial charge is 0.325 e. The van der Waals surface area contributed by atoms with E-state index in [-0.39, 0.29) is 17.7 Å². The monoisotopic (exact) mass is 305 g/mol. The Morgan fingerprint density at radius 3 is 2.86 bits per heavy atom. The van der Waals surface area contributed by atoms with Crippen LogP contribution in [0.5, 0.6) is 0 Å². The molecule has 1 N–H and O–H groups in total. The summed E-state index contributed by atoms with van der Waals surface area (Å²) in [5.41, 5.74) is 2.00. The van der Waals surface area contributed by atoms with E-state index in [1.165, 1.54) is 11.8 Å². The second kappa shape index (κ2) is 7.21. The molecule has 1 amide bonds. The van der Waals surface area contributed by atoms with Crippen molar-refractivity contribution in [3.63, 3.8) is 0 Å². The first-order valence-electron chi connectivity index (χ1n) is 6.90. The van der Waals surface area contributed by atoms with Gasteiger partial charge in [-0.15, -0.1) is 5.10 Å². The second-order valence-corrected chi connectivity index (χ2v) is 5.79. The Hall–Kier alpha value is -1.89. The van der Waals surface area contributed by atoms with E-state index in [1.54, 1.807) is 4.68 Å². The van der Waals surface area contributed by atoms with E-state index < -0.39 is 0 Å². The van der Waals surface area contributed by atoms with Gasteiger partial charge in [-0.3, -0.25) is 4.79 Å². The van der Waals surface area contributed by atoms with Gasteiger partial charge in [0.2, 0.25) is 11.1 Å². The number of nitrogens with zero attached hydrogens (tertiary/aromatic N) is 4. The average molecular weight is 305 g/mol. The van der Waals surface area contributed by atoms with Crippen LogP contribution in [0.2, 0.25) is 0 Å². The number of nitrogens with one attached hydrogen (secondary N) is 1. The molecule has 1 aromatic carbocycles. The third-order valence-corrected chi connectivity index (χ3v) is 3.89. The number of para-hydroxylation sites is 1. The van der Waals surface area contributed by atoms with Crippen LogP contribution in [0.25, 0.3) is 0 Å². The minimum Gasteiger partial charge on any atom is -0.325 e. The quantitative estimate of drug-likeness (QED) is 0.830. The Morgan fingerprint density at radius 2 is 2.14 bits per heavy atom. The van der Waals surface area contributed by atoms with Crippen molar-refractivity contribution in [1.82, 2.24) is 20.2 Å². The fourth-order valence-corrected chi connectivity index (χ4v) is 2.68. The number of carbonyl (C=O) groups is 1. The molecule has 0 saturated heterocycles. The summed E-state index contributed by atoms with van der Waals surface area (Å²) in [5, 5.41) is 15.1. The maximum atomic E-state index is 12.0. The Labute approximate surface area is 128 Å². The van der Waals surface area contributed by atoms with Crippen molar-refractivity contribution in [2.75, 3.05) is 11.1 Å². The number of anilines is 1. The molecule has 0 aliphatic rings. The Bertz CT molecular complexity index is 611. The normalized spacial score (nSPS) is 10.9. The van der Waals surface area contributed by atoms with E-state index in [0.717, 1.165) is 17.7 Å². The first kappa shape index (κ1) is 15.5. The van der Waals surface area contributed by atoms with Gasteiger partial charge in [0, 0.05) is 5.69 Å². The van der Waals surface area contributed by atoms with Crippen LogP contribution in [0.4, 0.5) is 5.69 Å². The van der Waals surface area contributed by atoms with Crippen molar-refractivity contribution in [3.05, 3.63) is 29.8 Å². The lowest BCUT2D eigenvalue weighted by Gasteiger charge is -2.10. The molecule has 0 unspecified atom stereocenters.